The molecule has 0 aliphatic heterocycles. The van der Waals surface area contributed by atoms with Gasteiger partial charge in [0.05, 0.1) is 0 Å². The Morgan fingerprint density at radius 2 is 1.68 bits per heavy atom. The Morgan fingerprint density at radius 3 is 2.24 bits per heavy atom. The van der Waals surface area contributed by atoms with Gasteiger partial charge in [-0.3, -0.25) is 9.59 Å². The predicted molar refractivity (Wildman–Crippen MR) is 103 cm³/mol. The molecule has 5 heteroatoms. The van der Waals surface area contributed by atoms with Gasteiger partial charge in [-0.2, -0.15) is 0 Å². The van der Waals surface area contributed by atoms with Crippen LogP contribution in [0.5, 0.6) is 0 Å². The van der Waals surface area contributed by atoms with E-state index < -0.39 is 6.04 Å². The second-order valence-corrected chi connectivity index (χ2v) is 6.74. The van der Waals surface area contributed by atoms with Crippen LogP contribution in [0.25, 0.3) is 0 Å². The smallest absolute Gasteiger partial charge is 0.242 e. The van der Waals surface area contributed by atoms with Crippen molar-refractivity contribution in [3.05, 3.63) is 70.2 Å². The Kier molecular flexibility index (Phi) is 7.19. The maximum atomic E-state index is 12.6. The van der Waals surface area contributed by atoms with E-state index in [0.29, 0.717) is 19.4 Å². The number of amides is 2. The van der Waals surface area contributed by atoms with Crippen LogP contribution in [0.1, 0.15) is 24.5 Å². The largest absolute Gasteiger partial charge is 0.357 e. The van der Waals surface area contributed by atoms with Crippen molar-refractivity contribution in [2.24, 2.45) is 0 Å². The molecule has 1 N–H and O–H groups in total. The number of likely N-dealkylation sites (N-methyl/N-ethyl adjacent to an activating group) is 1. The van der Waals surface area contributed by atoms with E-state index in [1.807, 2.05) is 61.5 Å². The first-order valence-corrected chi connectivity index (χ1v) is 9.14. The Labute approximate surface area is 157 Å². The number of nitrogens with zero attached hydrogens (tertiary/aromatic N) is 1. The van der Waals surface area contributed by atoms with E-state index in [9.17, 15) is 9.59 Å². The molecule has 0 fully saturated rings. The fraction of sp³-hybridized carbons (Fsp3) is 0.300. The summed E-state index contributed by atoms with van der Waals surface area (Å²) in [6.45, 7) is 2.23. The van der Waals surface area contributed by atoms with Crippen LogP contribution in [0.3, 0.4) is 0 Å². The minimum Gasteiger partial charge on any atom is -0.357 e. The normalized spacial score (nSPS) is 11.6. The number of halogens is 1. The molecule has 0 aromatic heterocycles. The van der Waals surface area contributed by atoms with Crippen LogP contribution in [-0.2, 0) is 22.6 Å². The summed E-state index contributed by atoms with van der Waals surface area (Å²) in [5, 5.41) is 2.70. The van der Waals surface area contributed by atoms with Crippen LogP contribution in [0.15, 0.2) is 59.1 Å². The number of nitrogens with one attached hydrogen (secondary N) is 1. The fourth-order valence-corrected chi connectivity index (χ4v) is 2.97. The SMILES string of the molecule is CCC(=O)N(Cc1ccc(Br)cc1)[C@@H](Cc1ccccc1)C(=O)NC. The molecule has 0 radical (unpaired) electrons. The van der Waals surface area contributed by atoms with Gasteiger partial charge in [0, 0.05) is 30.9 Å². The van der Waals surface area contributed by atoms with E-state index in [1.54, 1.807) is 11.9 Å². The van der Waals surface area contributed by atoms with Gasteiger partial charge in [-0.15, -0.1) is 0 Å². The standard InChI is InChI=1S/C20H23BrN2O2/c1-3-19(24)23(14-16-9-11-17(21)12-10-16)18(20(25)22-2)13-15-7-5-4-6-8-15/h4-12,18H,3,13-14H2,1-2H3,(H,22,25)/t18-/m0/s1. The summed E-state index contributed by atoms with van der Waals surface area (Å²) in [7, 11) is 1.61. The maximum Gasteiger partial charge on any atom is 0.242 e. The van der Waals surface area contributed by atoms with Crippen LogP contribution in [-0.4, -0.2) is 29.8 Å². The zero-order valence-electron chi connectivity index (χ0n) is 14.5. The number of rotatable bonds is 7. The van der Waals surface area contributed by atoms with Gasteiger partial charge in [0.15, 0.2) is 0 Å². The third-order valence-electron chi connectivity index (χ3n) is 4.09. The maximum absolute atomic E-state index is 12.6. The van der Waals surface area contributed by atoms with Crippen molar-refractivity contribution >= 4 is 27.7 Å². The summed E-state index contributed by atoms with van der Waals surface area (Å²) < 4.78 is 0.983. The number of carbonyl (C=O) groups excluding carboxylic acids is 2. The molecule has 0 aliphatic carbocycles. The van der Waals surface area contributed by atoms with Crippen LogP contribution in [0, 0.1) is 0 Å². The third kappa shape index (κ3) is 5.43. The first-order chi connectivity index (χ1) is 12.0. The quantitative estimate of drug-likeness (QED) is 0.769. The first-order valence-electron chi connectivity index (χ1n) is 8.34. The highest BCUT2D eigenvalue weighted by molar-refractivity contribution is 9.10. The van der Waals surface area contributed by atoms with Gasteiger partial charge >= 0.3 is 0 Å². The lowest BCUT2D eigenvalue weighted by Crippen LogP contribution is -2.49. The van der Waals surface area contributed by atoms with E-state index in [0.717, 1.165) is 15.6 Å². The van der Waals surface area contributed by atoms with Crippen molar-refractivity contribution in [1.29, 1.82) is 0 Å². The van der Waals surface area contributed by atoms with Gasteiger partial charge in [-0.1, -0.05) is 65.3 Å². The lowest BCUT2D eigenvalue weighted by Gasteiger charge is -2.31. The minimum absolute atomic E-state index is 0.0348. The monoisotopic (exact) mass is 402 g/mol. The molecule has 25 heavy (non-hydrogen) atoms. The van der Waals surface area contributed by atoms with E-state index in [4.69, 9.17) is 0 Å². The molecule has 0 aliphatic rings. The summed E-state index contributed by atoms with van der Waals surface area (Å²) >= 11 is 3.42. The summed E-state index contributed by atoms with van der Waals surface area (Å²) in [6, 6.07) is 17.0. The highest BCUT2D eigenvalue weighted by Gasteiger charge is 2.28. The molecule has 4 nitrogen and oxygen atoms in total. The average molecular weight is 403 g/mol. The molecule has 2 aromatic rings. The molecule has 0 unspecified atom stereocenters. The van der Waals surface area contributed by atoms with Crippen LogP contribution in [0.2, 0.25) is 0 Å². The van der Waals surface area contributed by atoms with Gasteiger partial charge in [0.25, 0.3) is 0 Å². The van der Waals surface area contributed by atoms with Crippen molar-refractivity contribution in [2.45, 2.75) is 32.4 Å². The van der Waals surface area contributed by atoms with E-state index in [1.165, 1.54) is 0 Å². The molecule has 2 amide bonds. The third-order valence-corrected chi connectivity index (χ3v) is 4.61. The zero-order valence-corrected chi connectivity index (χ0v) is 16.1. The van der Waals surface area contributed by atoms with Crippen molar-refractivity contribution in [3.8, 4) is 0 Å². The Balaban J connectivity index is 2.30. The molecular formula is C20H23BrN2O2. The number of hydrogen-bond acceptors (Lipinski definition) is 2. The average Bonchev–Trinajstić information content (AvgIpc) is 2.65. The van der Waals surface area contributed by atoms with Gasteiger partial charge in [-0.05, 0) is 23.3 Å². The van der Waals surface area contributed by atoms with Gasteiger partial charge < -0.3 is 10.2 Å². The van der Waals surface area contributed by atoms with E-state index >= 15 is 0 Å². The predicted octanol–water partition coefficient (Wildman–Crippen LogP) is 3.55. The summed E-state index contributed by atoms with van der Waals surface area (Å²) in [4.78, 5) is 26.8. The zero-order chi connectivity index (χ0) is 18.2. The van der Waals surface area contributed by atoms with Crippen molar-refractivity contribution in [2.75, 3.05) is 7.05 Å². The summed E-state index contributed by atoms with van der Waals surface area (Å²) in [6.07, 6.45) is 0.849. The van der Waals surface area contributed by atoms with E-state index in [2.05, 4.69) is 21.2 Å². The van der Waals surface area contributed by atoms with Gasteiger partial charge in [0.2, 0.25) is 11.8 Å². The number of carbonyl (C=O) groups is 2. The second-order valence-electron chi connectivity index (χ2n) is 5.82. The topological polar surface area (TPSA) is 49.4 Å². The van der Waals surface area contributed by atoms with Gasteiger partial charge in [0.1, 0.15) is 6.04 Å². The molecule has 0 saturated heterocycles. The highest BCUT2D eigenvalue weighted by Crippen LogP contribution is 2.17. The minimum atomic E-state index is -0.538. The van der Waals surface area contributed by atoms with Crippen LogP contribution in [0.4, 0.5) is 0 Å². The molecular weight excluding hydrogens is 380 g/mol. The molecule has 132 valence electrons. The van der Waals surface area contributed by atoms with Gasteiger partial charge in [-0.25, -0.2) is 0 Å². The molecule has 0 bridgehead atoms. The van der Waals surface area contributed by atoms with Crippen molar-refractivity contribution in [1.82, 2.24) is 10.2 Å². The molecule has 0 spiro atoms. The summed E-state index contributed by atoms with van der Waals surface area (Å²) in [5.74, 6) is -0.185. The molecule has 0 heterocycles. The summed E-state index contributed by atoms with van der Waals surface area (Å²) in [5.41, 5.74) is 2.02. The number of hydrogen-bond donors (Lipinski definition) is 1. The molecule has 2 rings (SSSR count). The van der Waals surface area contributed by atoms with Crippen LogP contribution < -0.4 is 5.32 Å². The van der Waals surface area contributed by atoms with Crippen molar-refractivity contribution < 1.29 is 9.59 Å². The second kappa shape index (κ2) is 9.37. The molecule has 1 atom stereocenters. The fourth-order valence-electron chi connectivity index (χ4n) is 2.71. The van der Waals surface area contributed by atoms with Crippen molar-refractivity contribution in [3.63, 3.8) is 0 Å². The Morgan fingerprint density at radius 1 is 1.04 bits per heavy atom. The lowest BCUT2D eigenvalue weighted by molar-refractivity contribution is -0.140. The van der Waals surface area contributed by atoms with E-state index in [-0.39, 0.29) is 11.8 Å². The molecule has 0 saturated carbocycles. The van der Waals surface area contributed by atoms with Crippen LogP contribution >= 0.6 is 15.9 Å². The lowest BCUT2D eigenvalue weighted by atomic mass is 10.0. The first kappa shape index (κ1) is 19.2. The number of benzene rings is 2. The highest BCUT2D eigenvalue weighted by atomic mass is 79.9. The Bertz CT molecular complexity index is 701. The Hall–Kier alpha value is -2.14. The molecule has 2 aromatic carbocycles.